The molecule has 1 aliphatic heterocycles. The van der Waals surface area contributed by atoms with E-state index >= 15 is 0 Å². The Morgan fingerprint density at radius 3 is 2.96 bits per heavy atom. The molecule has 136 valence electrons. The summed E-state index contributed by atoms with van der Waals surface area (Å²) in [5, 5.41) is 20.8. The van der Waals surface area contributed by atoms with Crippen LogP contribution in [-0.4, -0.2) is 59.8 Å². The summed E-state index contributed by atoms with van der Waals surface area (Å²) in [7, 11) is 0. The van der Waals surface area contributed by atoms with Crippen molar-refractivity contribution in [3.63, 3.8) is 0 Å². The van der Waals surface area contributed by atoms with Gasteiger partial charge in [0.2, 0.25) is 5.91 Å². The van der Waals surface area contributed by atoms with Gasteiger partial charge in [0, 0.05) is 23.4 Å². The van der Waals surface area contributed by atoms with Crippen molar-refractivity contribution in [3.05, 3.63) is 46.2 Å². The number of aliphatic carboxylic acids is 1. The summed E-state index contributed by atoms with van der Waals surface area (Å²) in [5.41, 5.74) is 1.60. The number of nitrogens with zero attached hydrogens (tertiary/aromatic N) is 5. The monoisotopic (exact) mass is 393 g/mol. The van der Waals surface area contributed by atoms with E-state index in [1.54, 1.807) is 31.2 Å². The average Bonchev–Trinajstić information content (AvgIpc) is 3.23. The maximum atomic E-state index is 12.4. The van der Waals surface area contributed by atoms with E-state index in [1.807, 2.05) is 0 Å². The predicted octanol–water partition coefficient (Wildman–Crippen LogP) is 1.68. The third kappa shape index (κ3) is 4.23. The molecular weight excluding hydrogens is 378 g/mol. The molecule has 1 unspecified atom stereocenters. The zero-order chi connectivity index (χ0) is 18.7. The number of carboxylic acids is 1. The first-order valence-corrected chi connectivity index (χ1v) is 9.22. The molecule has 0 bridgehead atoms. The first-order valence-electron chi connectivity index (χ1n) is 7.80. The van der Waals surface area contributed by atoms with Crippen LogP contribution in [-0.2, 0) is 16.1 Å². The number of thioether (sulfide) groups is 1. The van der Waals surface area contributed by atoms with Gasteiger partial charge in [0.05, 0.1) is 6.54 Å². The molecule has 1 saturated heterocycles. The minimum atomic E-state index is -1.01. The van der Waals surface area contributed by atoms with E-state index in [0.29, 0.717) is 29.7 Å². The van der Waals surface area contributed by atoms with Gasteiger partial charge in [0.25, 0.3) is 0 Å². The van der Waals surface area contributed by atoms with Gasteiger partial charge >= 0.3 is 5.97 Å². The maximum Gasteiger partial charge on any atom is 0.337 e. The molecule has 1 atom stereocenters. The lowest BCUT2D eigenvalue weighted by Gasteiger charge is -2.18. The summed E-state index contributed by atoms with van der Waals surface area (Å²) in [4.78, 5) is 26.4. The molecule has 0 aliphatic carbocycles. The second-order valence-electron chi connectivity index (χ2n) is 5.64. The molecule has 1 amide bonds. The lowest BCUT2D eigenvalue weighted by atomic mass is 10.1. The molecule has 26 heavy (non-hydrogen) atoms. The molecule has 0 spiro atoms. The Labute approximate surface area is 158 Å². The van der Waals surface area contributed by atoms with Crippen LogP contribution in [0.3, 0.4) is 0 Å². The topological polar surface area (TPSA) is 101 Å². The second-order valence-corrected chi connectivity index (χ2v) is 7.26. The average molecular weight is 394 g/mol. The molecule has 2 heterocycles. The fourth-order valence-corrected chi connectivity index (χ4v) is 3.83. The minimum Gasteiger partial charge on any atom is -0.479 e. The van der Waals surface area contributed by atoms with Crippen molar-refractivity contribution < 1.29 is 14.7 Å². The van der Waals surface area contributed by atoms with Crippen LogP contribution in [0, 0.1) is 6.92 Å². The van der Waals surface area contributed by atoms with E-state index in [9.17, 15) is 14.7 Å². The van der Waals surface area contributed by atoms with Crippen molar-refractivity contribution in [2.24, 2.45) is 0 Å². The normalized spacial score (nSPS) is 17.2. The van der Waals surface area contributed by atoms with Gasteiger partial charge in [-0.25, -0.2) is 4.79 Å². The molecule has 0 saturated carbocycles. The Hall–Kier alpha value is -2.39. The lowest BCUT2D eigenvalue weighted by molar-refractivity contribution is -0.143. The van der Waals surface area contributed by atoms with Crippen LogP contribution >= 0.6 is 23.4 Å². The molecule has 1 aromatic carbocycles. The van der Waals surface area contributed by atoms with Gasteiger partial charge in [0.1, 0.15) is 0 Å². The number of amides is 1. The largest absolute Gasteiger partial charge is 0.479 e. The molecule has 2 aromatic rings. The van der Waals surface area contributed by atoms with Crippen molar-refractivity contribution in [2.75, 3.05) is 12.3 Å². The second kappa shape index (κ2) is 7.88. The van der Waals surface area contributed by atoms with Gasteiger partial charge in [-0.2, -0.15) is 4.80 Å². The highest BCUT2D eigenvalue weighted by Gasteiger charge is 2.33. The number of rotatable bonds is 5. The molecular formula is C16H16ClN5O3S. The van der Waals surface area contributed by atoms with Crippen molar-refractivity contribution in [1.29, 1.82) is 0 Å². The number of hydrogen-bond donors (Lipinski definition) is 1. The van der Waals surface area contributed by atoms with Gasteiger partial charge in [-0.15, -0.1) is 22.0 Å². The quantitative estimate of drug-likeness (QED) is 0.771. The zero-order valence-electron chi connectivity index (χ0n) is 13.9. The summed E-state index contributed by atoms with van der Waals surface area (Å²) in [6.45, 7) is 2.51. The molecule has 10 heteroatoms. The molecule has 1 aromatic heterocycles. The number of aromatic nitrogens is 4. The standard InChI is InChI=1S/C16H16ClN5O3S/c1-10-18-20-22(19-10)9-12-8-13(17)4-2-11(12)3-5-14(23)21-6-7-26-15(21)16(24)25/h2-5,8,15H,6-7,9H2,1H3,(H,24,25)/b5-3+. The van der Waals surface area contributed by atoms with Gasteiger partial charge in [-0.1, -0.05) is 17.7 Å². The Balaban J connectivity index is 1.79. The number of hydrogen-bond acceptors (Lipinski definition) is 6. The number of aryl methyl sites for hydroxylation is 1. The SMILES string of the molecule is Cc1nnn(Cc2cc(Cl)ccc2/C=C/C(=O)N2CCSC2C(=O)O)n1. The van der Waals surface area contributed by atoms with Crippen LogP contribution < -0.4 is 0 Å². The number of benzene rings is 1. The molecule has 1 fully saturated rings. The lowest BCUT2D eigenvalue weighted by Crippen LogP contribution is -2.38. The highest BCUT2D eigenvalue weighted by molar-refractivity contribution is 8.00. The Morgan fingerprint density at radius 1 is 1.46 bits per heavy atom. The van der Waals surface area contributed by atoms with Crippen molar-refractivity contribution in [2.45, 2.75) is 18.8 Å². The summed E-state index contributed by atoms with van der Waals surface area (Å²) >= 11 is 7.32. The van der Waals surface area contributed by atoms with Gasteiger partial charge in [-0.05, 0) is 41.5 Å². The Morgan fingerprint density at radius 2 is 2.27 bits per heavy atom. The number of carboxylic acid groups (broad SMARTS) is 1. The first kappa shape index (κ1) is 18.4. The fraction of sp³-hybridized carbons (Fsp3) is 0.312. The number of tetrazole rings is 1. The molecule has 1 N–H and O–H groups in total. The van der Waals surface area contributed by atoms with Gasteiger partial charge < -0.3 is 10.0 Å². The fourth-order valence-electron chi connectivity index (χ4n) is 2.57. The van der Waals surface area contributed by atoms with E-state index in [4.69, 9.17) is 11.6 Å². The first-order chi connectivity index (χ1) is 12.4. The smallest absolute Gasteiger partial charge is 0.337 e. The highest BCUT2D eigenvalue weighted by Crippen LogP contribution is 2.24. The van der Waals surface area contributed by atoms with E-state index in [2.05, 4.69) is 15.4 Å². The van der Waals surface area contributed by atoms with Gasteiger partial charge in [0.15, 0.2) is 11.2 Å². The number of carbonyl (C=O) groups excluding carboxylic acids is 1. The molecule has 1 aliphatic rings. The number of halogens is 1. The van der Waals surface area contributed by atoms with Crippen molar-refractivity contribution in [1.82, 2.24) is 25.1 Å². The van der Waals surface area contributed by atoms with Crippen molar-refractivity contribution >= 4 is 41.3 Å². The molecule has 3 rings (SSSR count). The summed E-state index contributed by atoms with van der Waals surface area (Å²) in [6, 6.07) is 5.29. The molecule has 8 nitrogen and oxygen atoms in total. The van der Waals surface area contributed by atoms with Crippen LogP contribution in [0.1, 0.15) is 17.0 Å². The summed E-state index contributed by atoms with van der Waals surface area (Å²) < 4.78 is 0. The summed E-state index contributed by atoms with van der Waals surface area (Å²) in [5.74, 6) is -0.169. The third-order valence-corrected chi connectivity index (χ3v) is 5.19. The third-order valence-electron chi connectivity index (χ3n) is 3.76. The van der Waals surface area contributed by atoms with E-state index < -0.39 is 11.3 Å². The minimum absolute atomic E-state index is 0.335. The van der Waals surface area contributed by atoms with E-state index in [0.717, 1.165) is 11.1 Å². The van der Waals surface area contributed by atoms with Crippen LogP contribution in [0.15, 0.2) is 24.3 Å². The van der Waals surface area contributed by atoms with Crippen LogP contribution in [0.25, 0.3) is 6.08 Å². The molecule has 0 radical (unpaired) electrons. The maximum absolute atomic E-state index is 12.4. The van der Waals surface area contributed by atoms with Gasteiger partial charge in [-0.3, -0.25) is 4.79 Å². The van der Waals surface area contributed by atoms with Crippen LogP contribution in [0.4, 0.5) is 0 Å². The number of carbonyl (C=O) groups is 2. The summed E-state index contributed by atoms with van der Waals surface area (Å²) in [6.07, 6.45) is 3.04. The van der Waals surface area contributed by atoms with Crippen molar-refractivity contribution in [3.8, 4) is 0 Å². The van der Waals surface area contributed by atoms with E-state index in [1.165, 1.54) is 27.5 Å². The zero-order valence-corrected chi connectivity index (χ0v) is 15.4. The predicted molar refractivity (Wildman–Crippen MR) is 97.7 cm³/mol. The Kier molecular flexibility index (Phi) is 5.58. The Bertz CT molecular complexity index is 869. The van der Waals surface area contributed by atoms with E-state index in [-0.39, 0.29) is 5.91 Å². The highest BCUT2D eigenvalue weighted by atomic mass is 35.5. The van der Waals surface area contributed by atoms with Crippen LogP contribution in [0.5, 0.6) is 0 Å². The van der Waals surface area contributed by atoms with Crippen LogP contribution in [0.2, 0.25) is 5.02 Å².